The number of nitrogens with zero attached hydrogens (tertiary/aromatic N) is 2. The lowest BCUT2D eigenvalue weighted by atomic mass is 9.87. The van der Waals surface area contributed by atoms with Gasteiger partial charge in [0.2, 0.25) is 0 Å². The molecule has 2 heterocycles. The van der Waals surface area contributed by atoms with Crippen molar-refractivity contribution in [3.05, 3.63) is 218 Å². The molecule has 2 aromatic heterocycles. The zero-order valence-corrected chi connectivity index (χ0v) is 33.7. The van der Waals surface area contributed by atoms with E-state index in [1.54, 1.807) is 0 Å². The summed E-state index contributed by atoms with van der Waals surface area (Å²) in [6, 6.07) is 81.2. The Hall–Kier alpha value is -8.20. The Balaban J connectivity index is 0.978. The first-order valence-electron chi connectivity index (χ1n) is 21.5. The molecule has 286 valence electrons. The van der Waals surface area contributed by atoms with Crippen LogP contribution in [-0.4, -0.2) is 9.13 Å². The van der Waals surface area contributed by atoms with E-state index in [0.717, 1.165) is 0 Å². The molecular formula is C60H36N2. The van der Waals surface area contributed by atoms with Crippen molar-refractivity contribution < 1.29 is 0 Å². The van der Waals surface area contributed by atoms with Gasteiger partial charge in [-0.3, -0.25) is 0 Å². The van der Waals surface area contributed by atoms with Crippen molar-refractivity contribution >= 4 is 97.5 Å². The molecule has 62 heavy (non-hydrogen) atoms. The summed E-state index contributed by atoms with van der Waals surface area (Å²) in [7, 11) is 0. The van der Waals surface area contributed by atoms with E-state index in [1.165, 1.54) is 131 Å². The summed E-state index contributed by atoms with van der Waals surface area (Å²) >= 11 is 0. The van der Waals surface area contributed by atoms with Gasteiger partial charge in [0, 0.05) is 32.9 Å². The van der Waals surface area contributed by atoms with Gasteiger partial charge in [-0.15, -0.1) is 0 Å². The standard InChI is InChI=1S/C60H36N2/c1-3-15-45(16-4-1)61-55-29-23-43(33-51(55)53-31-39-11-7-9-13-41(39)35-57(53)61)47-25-19-37-22-28-50-48(26-20-38-21-27-49(47)59(37)60(38)50)44-24-30-56-52(34-44)54-32-40-12-8-10-14-42(40)36-58(54)62(56)46-17-5-2-6-18-46/h1-36H. The van der Waals surface area contributed by atoms with Crippen molar-refractivity contribution in [3.8, 4) is 33.6 Å². The second kappa shape index (κ2) is 12.7. The van der Waals surface area contributed by atoms with Gasteiger partial charge >= 0.3 is 0 Å². The normalized spacial score (nSPS) is 12.2. The minimum Gasteiger partial charge on any atom is -0.309 e. The number of fused-ring (bicyclic) bond motifs is 8. The molecule has 0 N–H and O–H groups in total. The van der Waals surface area contributed by atoms with Crippen LogP contribution >= 0.6 is 0 Å². The molecule has 0 unspecified atom stereocenters. The van der Waals surface area contributed by atoms with Gasteiger partial charge in [0.05, 0.1) is 22.1 Å². The second-order valence-electron chi connectivity index (χ2n) is 16.9. The van der Waals surface area contributed by atoms with Crippen molar-refractivity contribution in [1.82, 2.24) is 9.13 Å². The van der Waals surface area contributed by atoms with E-state index in [2.05, 4.69) is 228 Å². The van der Waals surface area contributed by atoms with Crippen molar-refractivity contribution in [2.75, 3.05) is 0 Å². The van der Waals surface area contributed by atoms with Crippen LogP contribution in [0.3, 0.4) is 0 Å². The molecule has 0 aliphatic rings. The average Bonchev–Trinajstić information content (AvgIpc) is 3.82. The third kappa shape index (κ3) is 4.75. The van der Waals surface area contributed by atoms with Crippen LogP contribution in [-0.2, 0) is 0 Å². The van der Waals surface area contributed by atoms with Crippen molar-refractivity contribution in [3.63, 3.8) is 0 Å². The number of rotatable bonds is 4. The molecule has 2 nitrogen and oxygen atoms in total. The molecule has 14 rings (SSSR count). The Labute approximate surface area is 357 Å². The molecule has 2 heteroatoms. The summed E-state index contributed by atoms with van der Waals surface area (Å²) in [4.78, 5) is 0. The maximum Gasteiger partial charge on any atom is 0.0547 e. The van der Waals surface area contributed by atoms with E-state index >= 15 is 0 Å². The summed E-state index contributed by atoms with van der Waals surface area (Å²) in [5.74, 6) is 0. The zero-order valence-electron chi connectivity index (χ0n) is 33.7. The highest BCUT2D eigenvalue weighted by Crippen LogP contribution is 2.45. The van der Waals surface area contributed by atoms with Crippen LogP contribution < -0.4 is 0 Å². The molecule has 0 fully saturated rings. The number of para-hydroxylation sites is 2. The third-order valence-corrected chi connectivity index (χ3v) is 13.6. The fraction of sp³-hybridized carbons (Fsp3) is 0. The SMILES string of the molecule is c1ccc(-n2c3ccc(-c4ccc5ccc6c(-c7ccc8c(c7)c7cc9ccccc9cc7n8-c7ccccc7)ccc7ccc4c5c76)cc3c3cc4ccccc4cc32)cc1. The highest BCUT2D eigenvalue weighted by Gasteiger charge is 2.20. The van der Waals surface area contributed by atoms with Crippen LogP contribution in [0, 0.1) is 0 Å². The minimum atomic E-state index is 1.17. The van der Waals surface area contributed by atoms with Gasteiger partial charge in [-0.1, -0.05) is 146 Å². The van der Waals surface area contributed by atoms with E-state index in [0.29, 0.717) is 0 Å². The van der Waals surface area contributed by atoms with E-state index in [9.17, 15) is 0 Å². The van der Waals surface area contributed by atoms with Crippen molar-refractivity contribution in [2.24, 2.45) is 0 Å². The van der Waals surface area contributed by atoms with Crippen molar-refractivity contribution in [2.45, 2.75) is 0 Å². The van der Waals surface area contributed by atoms with Gasteiger partial charge in [0.1, 0.15) is 0 Å². The largest absolute Gasteiger partial charge is 0.309 e. The fourth-order valence-corrected chi connectivity index (χ4v) is 10.8. The molecule has 0 amide bonds. The van der Waals surface area contributed by atoms with Gasteiger partial charge in [0.25, 0.3) is 0 Å². The van der Waals surface area contributed by atoms with Crippen LogP contribution in [0.5, 0.6) is 0 Å². The molecule has 0 saturated carbocycles. The predicted molar refractivity (Wildman–Crippen MR) is 265 cm³/mol. The monoisotopic (exact) mass is 784 g/mol. The molecule has 0 atom stereocenters. The number of aromatic nitrogens is 2. The van der Waals surface area contributed by atoms with Crippen LogP contribution in [0.15, 0.2) is 218 Å². The van der Waals surface area contributed by atoms with Crippen molar-refractivity contribution in [1.29, 1.82) is 0 Å². The Kier molecular flexibility index (Phi) is 6.86. The van der Waals surface area contributed by atoms with Crippen LogP contribution in [0.1, 0.15) is 0 Å². The number of hydrogen-bond acceptors (Lipinski definition) is 0. The maximum absolute atomic E-state index is 2.42. The molecule has 0 saturated heterocycles. The van der Waals surface area contributed by atoms with Crippen LogP contribution in [0.25, 0.3) is 131 Å². The van der Waals surface area contributed by atoms with Gasteiger partial charge in [-0.05, 0) is 149 Å². The molecule has 12 aromatic carbocycles. The topological polar surface area (TPSA) is 9.86 Å². The molecule has 0 aliphatic carbocycles. The quantitative estimate of drug-likeness (QED) is 0.157. The first kappa shape index (κ1) is 33.6. The number of hydrogen-bond donors (Lipinski definition) is 0. The Morgan fingerprint density at radius 2 is 0.597 bits per heavy atom. The lowest BCUT2D eigenvalue weighted by Crippen LogP contribution is -1.93. The van der Waals surface area contributed by atoms with Gasteiger partial charge in [0.15, 0.2) is 0 Å². The Morgan fingerprint density at radius 3 is 1.03 bits per heavy atom. The second-order valence-corrected chi connectivity index (χ2v) is 16.9. The van der Waals surface area contributed by atoms with E-state index in [4.69, 9.17) is 0 Å². The molecule has 0 spiro atoms. The van der Waals surface area contributed by atoms with E-state index < -0.39 is 0 Å². The van der Waals surface area contributed by atoms with Crippen LogP contribution in [0.2, 0.25) is 0 Å². The fourth-order valence-electron chi connectivity index (χ4n) is 10.8. The van der Waals surface area contributed by atoms with Gasteiger partial charge in [-0.25, -0.2) is 0 Å². The third-order valence-electron chi connectivity index (χ3n) is 13.6. The van der Waals surface area contributed by atoms with Crippen LogP contribution in [0.4, 0.5) is 0 Å². The predicted octanol–water partition coefficient (Wildman–Crippen LogP) is 16.4. The highest BCUT2D eigenvalue weighted by atomic mass is 15.0. The average molecular weight is 785 g/mol. The zero-order chi connectivity index (χ0) is 40.5. The molecule has 14 aromatic rings. The Morgan fingerprint density at radius 1 is 0.226 bits per heavy atom. The molecule has 0 radical (unpaired) electrons. The summed E-state index contributed by atoms with van der Waals surface area (Å²) in [5, 5.41) is 17.8. The molecule has 0 bridgehead atoms. The highest BCUT2D eigenvalue weighted by molar-refractivity contribution is 6.28. The summed E-state index contributed by atoms with van der Waals surface area (Å²) < 4.78 is 4.84. The van der Waals surface area contributed by atoms with Gasteiger partial charge in [-0.2, -0.15) is 0 Å². The maximum atomic E-state index is 2.42. The first-order valence-corrected chi connectivity index (χ1v) is 21.5. The van der Waals surface area contributed by atoms with Gasteiger partial charge < -0.3 is 9.13 Å². The number of benzene rings is 12. The smallest absolute Gasteiger partial charge is 0.0547 e. The van der Waals surface area contributed by atoms with E-state index in [1.807, 2.05) is 0 Å². The first-order chi connectivity index (χ1) is 30.7. The molecular weight excluding hydrogens is 749 g/mol. The minimum absolute atomic E-state index is 1.17. The Bertz CT molecular complexity index is 3860. The van der Waals surface area contributed by atoms with E-state index in [-0.39, 0.29) is 0 Å². The lowest BCUT2D eigenvalue weighted by Gasteiger charge is -2.17. The lowest BCUT2D eigenvalue weighted by molar-refractivity contribution is 1.18. The summed E-state index contributed by atoms with van der Waals surface area (Å²) in [6.45, 7) is 0. The molecule has 0 aliphatic heterocycles. The summed E-state index contributed by atoms with van der Waals surface area (Å²) in [5.41, 5.74) is 12.2. The summed E-state index contributed by atoms with van der Waals surface area (Å²) in [6.07, 6.45) is 0.